The van der Waals surface area contributed by atoms with Crippen molar-refractivity contribution in [3.05, 3.63) is 101 Å². The number of benzene rings is 3. The first-order valence-electron chi connectivity index (χ1n) is 13.1. The summed E-state index contributed by atoms with van der Waals surface area (Å²) in [5.41, 5.74) is 3.44. The lowest BCUT2D eigenvalue weighted by molar-refractivity contribution is -0.116. The molecule has 6 rings (SSSR count). The summed E-state index contributed by atoms with van der Waals surface area (Å²) >= 11 is 0. The lowest BCUT2D eigenvalue weighted by atomic mass is 9.94. The highest BCUT2D eigenvalue weighted by Crippen LogP contribution is 2.37. The van der Waals surface area contributed by atoms with Gasteiger partial charge in [-0.3, -0.25) is 19.3 Å². The molecule has 4 aromatic rings. The number of carboxylic acid groups (broad SMARTS) is 1. The number of anilines is 1. The molecular weight excluding hydrogens is 522 g/mol. The third kappa shape index (κ3) is 4.66. The highest BCUT2D eigenvalue weighted by molar-refractivity contribution is 6.26. The number of hydrogen-bond acceptors (Lipinski definition) is 6. The number of carbonyl (C=O) groups is 4. The molecule has 1 N–H and O–H groups in total. The molecule has 1 fully saturated rings. The van der Waals surface area contributed by atoms with Crippen LogP contribution in [0.25, 0.3) is 28.1 Å². The van der Waals surface area contributed by atoms with Crippen LogP contribution in [0, 0.1) is 0 Å². The van der Waals surface area contributed by atoms with E-state index in [9.17, 15) is 24.3 Å². The van der Waals surface area contributed by atoms with E-state index in [1.54, 1.807) is 77.7 Å². The number of nitrogens with zero attached hydrogens (tertiary/aromatic N) is 3. The van der Waals surface area contributed by atoms with Crippen molar-refractivity contribution in [1.82, 2.24) is 9.88 Å². The van der Waals surface area contributed by atoms with Gasteiger partial charge in [0, 0.05) is 36.5 Å². The van der Waals surface area contributed by atoms with Gasteiger partial charge >= 0.3 is 5.97 Å². The molecule has 0 bridgehead atoms. The first-order valence-corrected chi connectivity index (χ1v) is 13.1. The fraction of sp³-hybridized carbons (Fsp3) is 0.156. The first kappa shape index (κ1) is 26.1. The Morgan fingerprint density at radius 3 is 2.34 bits per heavy atom. The topological polar surface area (TPSA) is 117 Å². The molecule has 0 aliphatic carbocycles. The molecule has 9 heteroatoms. The van der Waals surface area contributed by atoms with Gasteiger partial charge in [-0.2, -0.15) is 0 Å². The van der Waals surface area contributed by atoms with E-state index in [4.69, 9.17) is 9.72 Å². The van der Waals surface area contributed by atoms with Crippen LogP contribution in [0.1, 0.15) is 43.7 Å². The zero-order chi connectivity index (χ0) is 28.7. The largest absolute Gasteiger partial charge is 0.478 e. The number of rotatable bonds is 4. The fourth-order valence-electron chi connectivity index (χ4n) is 5.37. The monoisotopic (exact) mass is 547 g/mol. The summed E-state index contributed by atoms with van der Waals surface area (Å²) < 4.78 is 5.37. The molecule has 1 aromatic heterocycles. The number of ketones is 1. The molecule has 2 aliphatic heterocycles. The number of hydrogen-bond donors (Lipinski definition) is 1. The Morgan fingerprint density at radius 1 is 0.902 bits per heavy atom. The van der Waals surface area contributed by atoms with Gasteiger partial charge in [0.05, 0.1) is 41.4 Å². The van der Waals surface area contributed by atoms with Crippen LogP contribution in [-0.2, 0) is 9.53 Å². The van der Waals surface area contributed by atoms with Crippen molar-refractivity contribution in [3.8, 4) is 11.1 Å². The van der Waals surface area contributed by atoms with Gasteiger partial charge in [0.15, 0.2) is 0 Å². The van der Waals surface area contributed by atoms with E-state index < -0.39 is 5.97 Å². The highest BCUT2D eigenvalue weighted by Gasteiger charge is 2.34. The number of Topliss-reactive ketones (excluding diaryl/α,β-unsaturated/α-hetero) is 1. The summed E-state index contributed by atoms with van der Waals surface area (Å²) in [7, 11) is 0. The maximum Gasteiger partial charge on any atom is 0.336 e. The molecule has 2 amide bonds. The van der Waals surface area contributed by atoms with E-state index in [0.29, 0.717) is 70.8 Å². The summed E-state index contributed by atoms with van der Waals surface area (Å²) in [4.78, 5) is 59.2. The average Bonchev–Trinajstić information content (AvgIpc) is 3.27. The van der Waals surface area contributed by atoms with Crippen molar-refractivity contribution in [2.75, 3.05) is 31.2 Å². The first-order chi connectivity index (χ1) is 19.8. The number of aromatic nitrogens is 1. The molecule has 0 spiro atoms. The summed E-state index contributed by atoms with van der Waals surface area (Å²) in [6.45, 7) is 3.30. The number of pyridine rings is 1. The van der Waals surface area contributed by atoms with Gasteiger partial charge in [-0.25, -0.2) is 9.78 Å². The van der Waals surface area contributed by atoms with E-state index in [2.05, 4.69) is 0 Å². The highest BCUT2D eigenvalue weighted by atomic mass is 16.5. The Kier molecular flexibility index (Phi) is 6.64. The van der Waals surface area contributed by atoms with Crippen molar-refractivity contribution in [2.24, 2.45) is 0 Å². The zero-order valence-electron chi connectivity index (χ0n) is 22.2. The predicted octanol–water partition coefficient (Wildman–Crippen LogP) is 4.66. The Labute approximate surface area is 235 Å². The number of allylic oxidation sites excluding steroid dienone is 1. The third-order valence-electron chi connectivity index (χ3n) is 7.28. The summed E-state index contributed by atoms with van der Waals surface area (Å²) in [5.74, 6) is -1.88. The minimum atomic E-state index is -1.10. The van der Waals surface area contributed by atoms with Gasteiger partial charge in [-0.1, -0.05) is 30.3 Å². The van der Waals surface area contributed by atoms with Gasteiger partial charge in [0.1, 0.15) is 0 Å². The normalized spacial score (nSPS) is 15.8. The molecule has 9 nitrogen and oxygen atoms in total. The lowest BCUT2D eigenvalue weighted by Gasteiger charge is -2.27. The average molecular weight is 548 g/mol. The smallest absolute Gasteiger partial charge is 0.336 e. The number of carboxylic acids is 1. The van der Waals surface area contributed by atoms with Gasteiger partial charge in [0.2, 0.25) is 11.7 Å². The van der Waals surface area contributed by atoms with E-state index in [1.165, 1.54) is 17.9 Å². The molecule has 3 aromatic carbocycles. The number of amides is 2. The fourth-order valence-corrected chi connectivity index (χ4v) is 5.37. The van der Waals surface area contributed by atoms with Crippen LogP contribution in [0.4, 0.5) is 5.69 Å². The molecule has 0 radical (unpaired) electrons. The number of fused-ring (bicyclic) bond motifs is 2. The number of carbonyl (C=O) groups excluding carboxylic acids is 3. The zero-order valence-corrected chi connectivity index (χ0v) is 22.2. The Balaban J connectivity index is 1.54. The number of ether oxygens (including phenoxy) is 1. The maximum atomic E-state index is 13.3. The summed E-state index contributed by atoms with van der Waals surface area (Å²) in [5, 5.41) is 10.5. The molecule has 204 valence electrons. The van der Waals surface area contributed by atoms with Crippen LogP contribution >= 0.6 is 0 Å². The summed E-state index contributed by atoms with van der Waals surface area (Å²) in [6.07, 6.45) is 1.54. The Bertz CT molecular complexity index is 1790. The van der Waals surface area contributed by atoms with E-state index >= 15 is 0 Å². The maximum absolute atomic E-state index is 13.3. The van der Waals surface area contributed by atoms with Gasteiger partial charge in [-0.05, 0) is 59.7 Å². The van der Waals surface area contributed by atoms with Crippen LogP contribution < -0.4 is 4.90 Å². The lowest BCUT2D eigenvalue weighted by Crippen LogP contribution is -2.40. The molecule has 2 aliphatic rings. The Hall–Kier alpha value is -5.15. The SMILES string of the molecule is CC(=O)N1/C(=C/c2cc(-c3ccccc3C(=O)O)c3cc(C(=O)N4CCOCC4)ccc3n2)C(=O)c2ccccc21. The quantitative estimate of drug-likeness (QED) is 0.369. The van der Waals surface area contributed by atoms with E-state index in [0.717, 1.165) is 0 Å². The number of morpholine rings is 1. The van der Waals surface area contributed by atoms with E-state index in [1.807, 2.05) is 0 Å². The standard InChI is InChI=1S/C32H25N3O6/c1-19(36)35-28-9-5-4-8-24(28)30(37)29(35)18-21-17-25(22-6-2-3-7-23(22)32(39)40)26-16-20(10-11-27(26)33-21)31(38)34-12-14-41-15-13-34/h2-11,16-18H,12-15H2,1H3,(H,39,40)/b29-18+. The minimum Gasteiger partial charge on any atom is -0.478 e. The van der Waals surface area contributed by atoms with Crippen LogP contribution in [0.15, 0.2) is 78.5 Å². The molecule has 1 saturated heterocycles. The van der Waals surface area contributed by atoms with Crippen LogP contribution in [0.3, 0.4) is 0 Å². The number of para-hydroxylation sites is 1. The van der Waals surface area contributed by atoms with Crippen molar-refractivity contribution < 1.29 is 29.0 Å². The molecule has 41 heavy (non-hydrogen) atoms. The molecule has 3 heterocycles. The third-order valence-corrected chi connectivity index (χ3v) is 7.28. The second-order valence-electron chi connectivity index (χ2n) is 9.81. The second kappa shape index (κ2) is 10.4. The molecule has 0 saturated carbocycles. The van der Waals surface area contributed by atoms with Gasteiger partial charge in [-0.15, -0.1) is 0 Å². The van der Waals surface area contributed by atoms with Crippen LogP contribution in [-0.4, -0.2) is 64.9 Å². The van der Waals surface area contributed by atoms with Crippen molar-refractivity contribution in [3.63, 3.8) is 0 Å². The van der Waals surface area contributed by atoms with Crippen molar-refractivity contribution >= 4 is 46.2 Å². The Morgan fingerprint density at radius 2 is 1.61 bits per heavy atom. The molecular formula is C32H25N3O6. The predicted molar refractivity (Wildman–Crippen MR) is 153 cm³/mol. The van der Waals surface area contributed by atoms with Crippen LogP contribution in [0.2, 0.25) is 0 Å². The molecule has 0 atom stereocenters. The minimum absolute atomic E-state index is 0.0817. The van der Waals surface area contributed by atoms with Gasteiger partial charge < -0.3 is 14.7 Å². The van der Waals surface area contributed by atoms with Crippen molar-refractivity contribution in [1.29, 1.82) is 0 Å². The summed E-state index contributed by atoms with van der Waals surface area (Å²) in [6, 6.07) is 20.3. The molecule has 0 unspecified atom stereocenters. The second-order valence-corrected chi connectivity index (χ2v) is 9.81. The van der Waals surface area contributed by atoms with E-state index in [-0.39, 0.29) is 28.9 Å². The van der Waals surface area contributed by atoms with Gasteiger partial charge in [0.25, 0.3) is 5.91 Å². The number of aromatic carboxylic acids is 1. The van der Waals surface area contributed by atoms with Crippen LogP contribution in [0.5, 0.6) is 0 Å². The van der Waals surface area contributed by atoms with Crippen molar-refractivity contribution in [2.45, 2.75) is 6.92 Å².